The predicted octanol–water partition coefficient (Wildman–Crippen LogP) is 1.97. The zero-order valence-corrected chi connectivity index (χ0v) is 11.2. The van der Waals surface area contributed by atoms with Crippen LogP contribution in [0, 0.1) is 0 Å². The number of Topliss-reactive ketones (excluding diaryl/α,β-unsaturated/α-hetero) is 1. The second kappa shape index (κ2) is 7.45. The van der Waals surface area contributed by atoms with Crippen molar-refractivity contribution in [2.75, 3.05) is 19.8 Å². The molecule has 88 valence electrons. The topological polar surface area (TPSA) is 47.6 Å². The molecule has 1 rings (SSSR count). The van der Waals surface area contributed by atoms with Crippen LogP contribution in [0.25, 0.3) is 0 Å². The van der Waals surface area contributed by atoms with E-state index in [9.17, 15) is 4.79 Å². The first-order valence-electron chi connectivity index (χ1n) is 4.91. The molecule has 1 aromatic rings. The van der Waals surface area contributed by atoms with Gasteiger partial charge in [-0.15, -0.1) is 0 Å². The van der Waals surface area contributed by atoms with Crippen molar-refractivity contribution < 1.29 is 14.3 Å². The van der Waals surface area contributed by atoms with Crippen molar-refractivity contribution in [2.24, 2.45) is 0 Å². The zero-order valence-electron chi connectivity index (χ0n) is 9.03. The molecule has 4 nitrogen and oxygen atoms in total. The van der Waals surface area contributed by atoms with E-state index in [2.05, 4.69) is 26.4 Å². The lowest BCUT2D eigenvalue weighted by atomic mass is 10.3. The minimum atomic E-state index is 0.000401. The van der Waals surface area contributed by atoms with E-state index < -0.39 is 0 Å². The molecule has 0 heterocycles. The van der Waals surface area contributed by atoms with Crippen LogP contribution in [-0.2, 0) is 4.79 Å². The van der Waals surface area contributed by atoms with Crippen molar-refractivity contribution >= 4 is 28.6 Å². The third-order valence-corrected chi connectivity index (χ3v) is 2.25. The lowest BCUT2D eigenvalue weighted by Crippen LogP contribution is -2.11. The van der Waals surface area contributed by atoms with E-state index in [1.807, 2.05) is 12.1 Å². The Morgan fingerprint density at radius 2 is 2.06 bits per heavy atom. The Morgan fingerprint density at radius 3 is 2.69 bits per heavy atom. The van der Waals surface area contributed by atoms with Gasteiger partial charge in [-0.3, -0.25) is 8.32 Å². The molecule has 0 aromatic heterocycles. The van der Waals surface area contributed by atoms with Crippen LogP contribution in [0.15, 0.2) is 24.3 Å². The first-order chi connectivity index (χ1) is 7.72. The average molecular weight is 335 g/mol. The Morgan fingerprint density at radius 1 is 1.38 bits per heavy atom. The van der Waals surface area contributed by atoms with Crippen LogP contribution in [0.5, 0.6) is 11.5 Å². The molecule has 0 saturated heterocycles. The lowest BCUT2D eigenvalue weighted by Gasteiger charge is -2.08. The highest BCUT2D eigenvalue weighted by atomic mass is 127. The Bertz CT molecular complexity index is 344. The molecule has 1 N–H and O–H groups in total. The van der Waals surface area contributed by atoms with E-state index in [1.54, 1.807) is 12.1 Å². The smallest absolute Gasteiger partial charge is 0.167 e. The van der Waals surface area contributed by atoms with Gasteiger partial charge in [-0.25, -0.2) is 0 Å². The lowest BCUT2D eigenvalue weighted by molar-refractivity contribution is -0.118. The third-order valence-electron chi connectivity index (χ3n) is 1.71. The van der Waals surface area contributed by atoms with Crippen LogP contribution >= 0.6 is 22.9 Å². The molecule has 0 bridgehead atoms. The summed E-state index contributed by atoms with van der Waals surface area (Å²) in [6, 6.07) is 7.26. The summed E-state index contributed by atoms with van der Waals surface area (Å²) in [5.74, 6) is 1.39. The quantitative estimate of drug-likeness (QED) is 0.470. The highest BCUT2D eigenvalue weighted by Gasteiger charge is 1.99. The van der Waals surface area contributed by atoms with E-state index in [0.717, 1.165) is 12.3 Å². The summed E-state index contributed by atoms with van der Waals surface area (Å²) >= 11 is 2.07. The standard InChI is InChI=1S/C11H14INO3/c1-9(14)8-16-11-4-2-3-10(7-11)15-6-5-13-12/h2-4,7,13H,5-6,8H2,1H3. The fraction of sp³-hybridized carbons (Fsp3) is 0.364. The maximum atomic E-state index is 10.7. The van der Waals surface area contributed by atoms with Gasteiger partial charge in [-0.2, -0.15) is 0 Å². The summed E-state index contributed by atoms with van der Waals surface area (Å²) in [4.78, 5) is 10.7. The van der Waals surface area contributed by atoms with Gasteiger partial charge < -0.3 is 9.47 Å². The summed E-state index contributed by atoms with van der Waals surface area (Å²) in [6.07, 6.45) is 0. The SMILES string of the molecule is CC(=O)COc1cccc(OCCNI)c1. The average Bonchev–Trinajstić information content (AvgIpc) is 2.27. The van der Waals surface area contributed by atoms with Crippen molar-refractivity contribution in [1.29, 1.82) is 0 Å². The second-order valence-electron chi connectivity index (χ2n) is 3.20. The number of benzene rings is 1. The second-order valence-corrected chi connectivity index (χ2v) is 3.96. The molecule has 0 unspecified atom stereocenters. The van der Waals surface area contributed by atoms with E-state index in [0.29, 0.717) is 12.4 Å². The summed E-state index contributed by atoms with van der Waals surface area (Å²) < 4.78 is 13.7. The van der Waals surface area contributed by atoms with Gasteiger partial charge >= 0.3 is 0 Å². The highest BCUT2D eigenvalue weighted by molar-refractivity contribution is 14.1. The van der Waals surface area contributed by atoms with E-state index >= 15 is 0 Å². The fourth-order valence-electron chi connectivity index (χ4n) is 1.05. The molecule has 0 saturated carbocycles. The van der Waals surface area contributed by atoms with Crippen molar-refractivity contribution in [2.45, 2.75) is 6.92 Å². The van der Waals surface area contributed by atoms with E-state index in [1.165, 1.54) is 6.92 Å². The molecule has 0 spiro atoms. The Hall–Kier alpha value is -0.820. The summed E-state index contributed by atoms with van der Waals surface area (Å²) in [7, 11) is 0. The largest absolute Gasteiger partial charge is 0.492 e. The van der Waals surface area contributed by atoms with Gasteiger partial charge in [0.05, 0.1) is 0 Å². The van der Waals surface area contributed by atoms with Gasteiger partial charge in [-0.05, 0) is 19.1 Å². The number of carbonyl (C=O) groups excluding carboxylic acids is 1. The molecule has 1 aromatic carbocycles. The molecule has 0 radical (unpaired) electrons. The molecule has 0 aliphatic carbocycles. The van der Waals surface area contributed by atoms with Gasteiger partial charge in [0.1, 0.15) is 24.7 Å². The molecule has 0 fully saturated rings. The maximum Gasteiger partial charge on any atom is 0.167 e. The van der Waals surface area contributed by atoms with Gasteiger partial charge in [0, 0.05) is 35.5 Å². The predicted molar refractivity (Wildman–Crippen MR) is 70.1 cm³/mol. The molecular formula is C11H14INO3. The fourth-order valence-corrected chi connectivity index (χ4v) is 1.27. The summed E-state index contributed by atoms with van der Waals surface area (Å²) in [5, 5.41) is 0. The molecule has 16 heavy (non-hydrogen) atoms. The first kappa shape index (κ1) is 13.2. The number of nitrogens with one attached hydrogen (secondary N) is 1. The monoisotopic (exact) mass is 335 g/mol. The van der Waals surface area contributed by atoms with Crippen LogP contribution in [0.2, 0.25) is 0 Å². The number of rotatable bonds is 7. The van der Waals surface area contributed by atoms with Gasteiger partial charge in [0.15, 0.2) is 5.78 Å². The minimum Gasteiger partial charge on any atom is -0.492 e. The van der Waals surface area contributed by atoms with Crippen molar-refractivity contribution in [3.63, 3.8) is 0 Å². The zero-order chi connectivity index (χ0) is 11.8. The molecule has 5 heteroatoms. The Balaban J connectivity index is 2.46. The van der Waals surface area contributed by atoms with Gasteiger partial charge in [0.25, 0.3) is 0 Å². The molecule has 0 atom stereocenters. The number of hydrogen-bond donors (Lipinski definition) is 1. The van der Waals surface area contributed by atoms with Crippen molar-refractivity contribution in [1.82, 2.24) is 3.53 Å². The number of ketones is 1. The van der Waals surface area contributed by atoms with Crippen molar-refractivity contribution in [3.05, 3.63) is 24.3 Å². The highest BCUT2D eigenvalue weighted by Crippen LogP contribution is 2.19. The van der Waals surface area contributed by atoms with E-state index in [-0.39, 0.29) is 12.4 Å². The maximum absolute atomic E-state index is 10.7. The number of halogens is 1. The number of hydrogen-bond acceptors (Lipinski definition) is 4. The summed E-state index contributed by atoms with van der Waals surface area (Å²) in [6.45, 7) is 2.96. The minimum absolute atomic E-state index is 0.000401. The van der Waals surface area contributed by atoms with Crippen molar-refractivity contribution in [3.8, 4) is 11.5 Å². The number of ether oxygens (including phenoxy) is 2. The van der Waals surface area contributed by atoms with Crippen LogP contribution in [0.1, 0.15) is 6.92 Å². The van der Waals surface area contributed by atoms with Gasteiger partial charge in [0.2, 0.25) is 0 Å². The molecule has 0 aliphatic rings. The van der Waals surface area contributed by atoms with Crippen LogP contribution in [0.4, 0.5) is 0 Å². The summed E-state index contributed by atoms with van der Waals surface area (Å²) in [5.41, 5.74) is 0. The normalized spacial score (nSPS) is 9.88. The first-order valence-corrected chi connectivity index (χ1v) is 5.99. The Labute approximate surface area is 109 Å². The van der Waals surface area contributed by atoms with Crippen LogP contribution in [-0.4, -0.2) is 25.5 Å². The van der Waals surface area contributed by atoms with Gasteiger partial charge in [-0.1, -0.05) is 6.07 Å². The number of carbonyl (C=O) groups is 1. The molecular weight excluding hydrogens is 321 g/mol. The Kier molecular flexibility index (Phi) is 6.17. The third kappa shape index (κ3) is 5.32. The molecule has 0 amide bonds. The molecule has 0 aliphatic heterocycles. The van der Waals surface area contributed by atoms with Crippen LogP contribution in [0.3, 0.4) is 0 Å². The van der Waals surface area contributed by atoms with Crippen LogP contribution < -0.4 is 13.0 Å². The van der Waals surface area contributed by atoms with E-state index in [4.69, 9.17) is 9.47 Å².